The van der Waals surface area contributed by atoms with Gasteiger partial charge in [-0.15, -0.1) is 0 Å². The SMILES string of the molecule is O=c1cc(OCc2ccccc2)ccn1-c1ccc(O[C@@H]2CCN(C3CCCC3)C2)cc1. The normalized spacial score (nSPS) is 19.3. The zero-order chi connectivity index (χ0) is 21.8. The molecule has 5 nitrogen and oxygen atoms in total. The van der Waals surface area contributed by atoms with Crippen molar-refractivity contribution in [3.05, 3.63) is 88.8 Å². The van der Waals surface area contributed by atoms with Crippen LogP contribution in [0.3, 0.4) is 0 Å². The molecule has 3 aromatic rings. The molecule has 2 aromatic carbocycles. The molecule has 1 aliphatic carbocycles. The fourth-order valence-electron chi connectivity index (χ4n) is 4.83. The number of benzene rings is 2. The van der Waals surface area contributed by atoms with Crippen LogP contribution in [0.4, 0.5) is 0 Å². The maximum Gasteiger partial charge on any atom is 0.258 e. The van der Waals surface area contributed by atoms with E-state index in [1.807, 2.05) is 60.7 Å². The zero-order valence-corrected chi connectivity index (χ0v) is 18.4. The average molecular weight is 431 g/mol. The molecule has 32 heavy (non-hydrogen) atoms. The van der Waals surface area contributed by atoms with E-state index in [1.165, 1.54) is 31.7 Å². The summed E-state index contributed by atoms with van der Waals surface area (Å²) >= 11 is 0. The Labute approximate surface area is 189 Å². The Morgan fingerprint density at radius 2 is 1.66 bits per heavy atom. The van der Waals surface area contributed by atoms with Gasteiger partial charge in [0.2, 0.25) is 0 Å². The van der Waals surface area contributed by atoms with Gasteiger partial charge >= 0.3 is 0 Å². The number of nitrogens with zero attached hydrogens (tertiary/aromatic N) is 2. The van der Waals surface area contributed by atoms with Gasteiger partial charge in [0.25, 0.3) is 5.56 Å². The van der Waals surface area contributed by atoms with Crippen LogP contribution in [-0.2, 0) is 6.61 Å². The highest BCUT2D eigenvalue weighted by Gasteiger charge is 2.30. The highest BCUT2D eigenvalue weighted by atomic mass is 16.5. The van der Waals surface area contributed by atoms with E-state index in [0.29, 0.717) is 12.4 Å². The second kappa shape index (κ2) is 9.61. The van der Waals surface area contributed by atoms with Crippen molar-refractivity contribution in [1.82, 2.24) is 9.47 Å². The third-order valence-electron chi connectivity index (χ3n) is 6.57. The van der Waals surface area contributed by atoms with Crippen LogP contribution in [0.1, 0.15) is 37.7 Å². The van der Waals surface area contributed by atoms with Crippen molar-refractivity contribution in [3.8, 4) is 17.2 Å². The first kappa shape index (κ1) is 20.8. The van der Waals surface area contributed by atoms with E-state index < -0.39 is 0 Å². The van der Waals surface area contributed by atoms with Gasteiger partial charge in [-0.3, -0.25) is 14.3 Å². The summed E-state index contributed by atoms with van der Waals surface area (Å²) in [6.45, 7) is 2.60. The van der Waals surface area contributed by atoms with Gasteiger partial charge in [0, 0.05) is 37.1 Å². The molecule has 2 fully saturated rings. The van der Waals surface area contributed by atoms with Crippen molar-refractivity contribution in [1.29, 1.82) is 0 Å². The second-order valence-electron chi connectivity index (χ2n) is 8.80. The summed E-state index contributed by atoms with van der Waals surface area (Å²) in [6.07, 6.45) is 8.52. The largest absolute Gasteiger partial charge is 0.489 e. The number of rotatable bonds is 7. The van der Waals surface area contributed by atoms with Gasteiger partial charge in [-0.2, -0.15) is 0 Å². The lowest BCUT2D eigenvalue weighted by molar-refractivity contribution is 0.178. The van der Waals surface area contributed by atoms with E-state index in [1.54, 1.807) is 10.8 Å². The van der Waals surface area contributed by atoms with E-state index in [2.05, 4.69) is 4.90 Å². The zero-order valence-electron chi connectivity index (χ0n) is 18.4. The summed E-state index contributed by atoms with van der Waals surface area (Å²) in [4.78, 5) is 15.2. The monoisotopic (exact) mass is 430 g/mol. The van der Waals surface area contributed by atoms with Crippen molar-refractivity contribution in [3.63, 3.8) is 0 Å². The molecular formula is C27H30N2O3. The topological polar surface area (TPSA) is 43.7 Å². The smallest absolute Gasteiger partial charge is 0.258 e. The predicted molar refractivity (Wildman–Crippen MR) is 126 cm³/mol. The number of likely N-dealkylation sites (tertiary alicyclic amines) is 1. The number of aromatic nitrogens is 1. The first-order chi connectivity index (χ1) is 15.7. The van der Waals surface area contributed by atoms with Gasteiger partial charge < -0.3 is 9.47 Å². The minimum atomic E-state index is -0.118. The molecule has 0 radical (unpaired) electrons. The summed E-state index contributed by atoms with van der Waals surface area (Å²) in [7, 11) is 0. The maximum atomic E-state index is 12.6. The summed E-state index contributed by atoms with van der Waals surface area (Å²) in [5.41, 5.74) is 1.77. The molecular weight excluding hydrogens is 400 g/mol. The van der Waals surface area contributed by atoms with Crippen LogP contribution in [0.5, 0.6) is 11.5 Å². The summed E-state index contributed by atoms with van der Waals surface area (Å²) < 4.78 is 13.6. The van der Waals surface area contributed by atoms with Crippen molar-refractivity contribution in [2.24, 2.45) is 0 Å². The van der Waals surface area contributed by atoms with Gasteiger partial charge in [-0.1, -0.05) is 43.2 Å². The van der Waals surface area contributed by atoms with Crippen LogP contribution in [-0.4, -0.2) is 34.7 Å². The summed E-state index contributed by atoms with van der Waals surface area (Å²) in [6, 6.07) is 21.8. The lowest BCUT2D eigenvalue weighted by Crippen LogP contribution is -2.32. The minimum absolute atomic E-state index is 0.118. The lowest BCUT2D eigenvalue weighted by atomic mass is 10.2. The maximum absolute atomic E-state index is 12.6. The number of hydrogen-bond donors (Lipinski definition) is 0. The summed E-state index contributed by atoms with van der Waals surface area (Å²) in [5.74, 6) is 1.44. The molecule has 1 aliphatic heterocycles. The average Bonchev–Trinajstić information content (AvgIpc) is 3.51. The molecule has 1 saturated heterocycles. The molecule has 0 amide bonds. The second-order valence-corrected chi connectivity index (χ2v) is 8.80. The fraction of sp³-hybridized carbons (Fsp3) is 0.370. The fourth-order valence-corrected chi connectivity index (χ4v) is 4.83. The predicted octanol–water partition coefficient (Wildman–Crippen LogP) is 4.81. The molecule has 2 heterocycles. The Hall–Kier alpha value is -3.05. The third kappa shape index (κ3) is 4.89. The molecule has 166 valence electrons. The van der Waals surface area contributed by atoms with Crippen LogP contribution in [0.25, 0.3) is 5.69 Å². The highest BCUT2D eigenvalue weighted by Crippen LogP contribution is 2.28. The number of hydrogen-bond acceptors (Lipinski definition) is 4. The van der Waals surface area contributed by atoms with Crippen molar-refractivity contribution in [2.45, 2.75) is 50.9 Å². The molecule has 5 rings (SSSR count). The first-order valence-electron chi connectivity index (χ1n) is 11.7. The minimum Gasteiger partial charge on any atom is -0.489 e. The molecule has 1 aromatic heterocycles. The van der Waals surface area contributed by atoms with E-state index in [4.69, 9.17) is 9.47 Å². The van der Waals surface area contributed by atoms with E-state index in [9.17, 15) is 4.79 Å². The molecule has 0 bridgehead atoms. The molecule has 1 saturated carbocycles. The molecule has 2 aliphatic rings. The molecule has 0 unspecified atom stereocenters. The van der Waals surface area contributed by atoms with Gasteiger partial charge in [0.1, 0.15) is 24.2 Å². The number of ether oxygens (including phenoxy) is 2. The Morgan fingerprint density at radius 3 is 2.41 bits per heavy atom. The lowest BCUT2D eigenvalue weighted by Gasteiger charge is -2.23. The standard InChI is InChI=1S/C27H30N2O3/c30-27-18-25(31-20-21-6-2-1-3-7-21)15-17-29(27)23-10-12-24(13-11-23)32-26-14-16-28(19-26)22-8-4-5-9-22/h1-3,6-7,10-13,15,17-18,22,26H,4-5,8-9,14,16,19-20H2/t26-/m1/s1. The molecule has 0 spiro atoms. The van der Waals surface area contributed by atoms with Crippen LogP contribution in [0.2, 0.25) is 0 Å². The Morgan fingerprint density at radius 1 is 0.875 bits per heavy atom. The quantitative estimate of drug-likeness (QED) is 0.539. The van der Waals surface area contributed by atoms with Crippen molar-refractivity contribution >= 4 is 0 Å². The Balaban J connectivity index is 1.19. The Kier molecular flexibility index (Phi) is 6.26. The van der Waals surface area contributed by atoms with Crippen LogP contribution >= 0.6 is 0 Å². The van der Waals surface area contributed by atoms with Gasteiger partial charge in [-0.05, 0) is 55.2 Å². The molecule has 5 heteroatoms. The van der Waals surface area contributed by atoms with Gasteiger partial charge in [0.15, 0.2) is 0 Å². The van der Waals surface area contributed by atoms with Crippen molar-refractivity contribution in [2.75, 3.05) is 13.1 Å². The first-order valence-corrected chi connectivity index (χ1v) is 11.7. The molecule has 0 N–H and O–H groups in total. The van der Waals surface area contributed by atoms with Crippen LogP contribution in [0.15, 0.2) is 77.7 Å². The van der Waals surface area contributed by atoms with E-state index in [-0.39, 0.29) is 11.7 Å². The van der Waals surface area contributed by atoms with E-state index in [0.717, 1.165) is 42.6 Å². The van der Waals surface area contributed by atoms with E-state index >= 15 is 0 Å². The van der Waals surface area contributed by atoms with Crippen molar-refractivity contribution < 1.29 is 9.47 Å². The Bertz CT molecular complexity index is 1070. The third-order valence-corrected chi connectivity index (χ3v) is 6.57. The van der Waals surface area contributed by atoms with Crippen LogP contribution < -0.4 is 15.0 Å². The highest BCUT2D eigenvalue weighted by molar-refractivity contribution is 5.38. The number of pyridine rings is 1. The van der Waals surface area contributed by atoms with Crippen LogP contribution in [0, 0.1) is 0 Å². The molecule has 1 atom stereocenters. The van der Waals surface area contributed by atoms with Gasteiger partial charge in [0.05, 0.1) is 0 Å². The van der Waals surface area contributed by atoms with Gasteiger partial charge in [-0.25, -0.2) is 0 Å². The summed E-state index contributed by atoms with van der Waals surface area (Å²) in [5, 5.41) is 0.